The van der Waals surface area contributed by atoms with Crippen LogP contribution in [0.15, 0.2) is 47.6 Å². The normalized spacial score (nSPS) is 11.0. The molecule has 2 N–H and O–H groups in total. The Morgan fingerprint density at radius 2 is 2.15 bits per heavy atom. The Bertz CT molecular complexity index is 971. The van der Waals surface area contributed by atoms with Crippen LogP contribution in [-0.4, -0.2) is 28.6 Å². The van der Waals surface area contributed by atoms with Gasteiger partial charge in [-0.05, 0) is 18.2 Å². The summed E-state index contributed by atoms with van der Waals surface area (Å²) in [5.74, 6) is -0.387. The summed E-state index contributed by atoms with van der Waals surface area (Å²) >= 11 is 7.39. The molecule has 0 saturated heterocycles. The summed E-state index contributed by atoms with van der Waals surface area (Å²) in [6.07, 6.45) is 1.25. The maximum atomic E-state index is 11.8. The SMILES string of the molecule is O=C(CNc1nc2ccccc2s1)N/N=C\c1cc([N+](=O)[O-])ccc1Cl. The Morgan fingerprint density at radius 1 is 1.35 bits per heavy atom. The van der Waals surface area contributed by atoms with Crippen molar-refractivity contribution in [3.8, 4) is 0 Å². The van der Waals surface area contributed by atoms with Gasteiger partial charge in [0.25, 0.3) is 11.6 Å². The number of fused-ring (bicyclic) bond motifs is 1. The minimum absolute atomic E-state index is 0.0141. The van der Waals surface area contributed by atoms with Crippen LogP contribution in [-0.2, 0) is 4.79 Å². The number of para-hydroxylation sites is 1. The van der Waals surface area contributed by atoms with Gasteiger partial charge in [0.05, 0.1) is 27.9 Å². The van der Waals surface area contributed by atoms with Crippen LogP contribution in [0.4, 0.5) is 10.8 Å². The summed E-state index contributed by atoms with van der Waals surface area (Å²) in [5.41, 5.74) is 3.41. The molecule has 0 atom stereocenters. The first-order valence-corrected chi connectivity index (χ1v) is 8.57. The number of hydrazone groups is 1. The molecule has 0 aliphatic carbocycles. The molecule has 0 spiro atoms. The zero-order valence-corrected chi connectivity index (χ0v) is 14.8. The van der Waals surface area contributed by atoms with E-state index in [9.17, 15) is 14.9 Å². The van der Waals surface area contributed by atoms with E-state index in [2.05, 4.69) is 20.8 Å². The molecule has 2 aromatic carbocycles. The van der Waals surface area contributed by atoms with Crippen molar-refractivity contribution >= 4 is 56.1 Å². The molecular formula is C16H12ClN5O3S. The lowest BCUT2D eigenvalue weighted by atomic mass is 10.2. The van der Waals surface area contributed by atoms with Crippen LogP contribution in [0.3, 0.4) is 0 Å². The Balaban J connectivity index is 1.56. The number of nitrogens with zero attached hydrogens (tertiary/aromatic N) is 3. The molecule has 3 rings (SSSR count). The lowest BCUT2D eigenvalue weighted by Gasteiger charge is -2.01. The average Bonchev–Trinajstić information content (AvgIpc) is 3.04. The molecule has 3 aromatic rings. The van der Waals surface area contributed by atoms with Crippen molar-refractivity contribution in [2.45, 2.75) is 0 Å². The maximum Gasteiger partial charge on any atom is 0.270 e. The van der Waals surface area contributed by atoms with E-state index in [1.54, 1.807) is 0 Å². The van der Waals surface area contributed by atoms with E-state index in [1.807, 2.05) is 24.3 Å². The topological polar surface area (TPSA) is 110 Å². The van der Waals surface area contributed by atoms with Gasteiger partial charge in [-0.3, -0.25) is 14.9 Å². The second-order valence-electron chi connectivity index (χ2n) is 5.10. The lowest BCUT2D eigenvalue weighted by Crippen LogP contribution is -2.25. The number of hydrogen-bond acceptors (Lipinski definition) is 7. The van der Waals surface area contributed by atoms with Gasteiger partial charge in [-0.2, -0.15) is 5.10 Å². The lowest BCUT2D eigenvalue weighted by molar-refractivity contribution is -0.384. The van der Waals surface area contributed by atoms with Crippen molar-refractivity contribution in [2.75, 3.05) is 11.9 Å². The van der Waals surface area contributed by atoms with Crippen LogP contribution in [0.5, 0.6) is 0 Å². The first kappa shape index (κ1) is 17.8. The van der Waals surface area contributed by atoms with Crippen molar-refractivity contribution in [3.63, 3.8) is 0 Å². The van der Waals surface area contributed by atoms with E-state index in [0.29, 0.717) is 15.7 Å². The van der Waals surface area contributed by atoms with Crippen LogP contribution < -0.4 is 10.7 Å². The van der Waals surface area contributed by atoms with Crippen LogP contribution in [0.1, 0.15) is 5.56 Å². The fourth-order valence-electron chi connectivity index (χ4n) is 2.06. The van der Waals surface area contributed by atoms with Gasteiger partial charge in [0.1, 0.15) is 0 Å². The van der Waals surface area contributed by atoms with Crippen LogP contribution in [0.25, 0.3) is 10.2 Å². The van der Waals surface area contributed by atoms with Gasteiger partial charge in [0, 0.05) is 22.7 Å². The van der Waals surface area contributed by atoms with E-state index in [4.69, 9.17) is 11.6 Å². The fourth-order valence-corrected chi connectivity index (χ4v) is 3.09. The minimum atomic E-state index is -0.534. The summed E-state index contributed by atoms with van der Waals surface area (Å²) in [7, 11) is 0. The zero-order valence-electron chi connectivity index (χ0n) is 13.2. The van der Waals surface area contributed by atoms with Gasteiger partial charge < -0.3 is 5.32 Å². The van der Waals surface area contributed by atoms with Crippen molar-refractivity contribution in [1.29, 1.82) is 0 Å². The fraction of sp³-hybridized carbons (Fsp3) is 0.0625. The number of thiazole rings is 1. The number of nitrogens with one attached hydrogen (secondary N) is 2. The number of rotatable bonds is 6. The number of aromatic nitrogens is 1. The van der Waals surface area contributed by atoms with Crippen molar-refractivity contribution < 1.29 is 9.72 Å². The minimum Gasteiger partial charge on any atom is -0.352 e. The van der Waals surface area contributed by atoms with Gasteiger partial charge in [-0.25, -0.2) is 10.4 Å². The first-order chi connectivity index (χ1) is 12.5. The predicted octanol–water partition coefficient (Wildman–Crippen LogP) is 3.42. The van der Waals surface area contributed by atoms with E-state index in [-0.39, 0.29) is 18.1 Å². The predicted molar refractivity (Wildman–Crippen MR) is 102 cm³/mol. The first-order valence-electron chi connectivity index (χ1n) is 7.38. The number of benzene rings is 2. The number of non-ortho nitro benzene ring substituents is 1. The second kappa shape index (κ2) is 7.89. The van der Waals surface area contributed by atoms with Crippen molar-refractivity contribution in [3.05, 3.63) is 63.2 Å². The quantitative estimate of drug-likeness (QED) is 0.381. The van der Waals surface area contributed by atoms with Gasteiger partial charge in [0.15, 0.2) is 5.13 Å². The third-order valence-corrected chi connectivity index (χ3v) is 4.62. The standard InChI is InChI=1S/C16H12ClN5O3S/c17-12-6-5-11(22(24)25)7-10(12)8-19-21-15(23)9-18-16-20-13-3-1-2-4-14(13)26-16/h1-8H,9H2,(H,18,20)(H,21,23)/b19-8-. The molecule has 8 nitrogen and oxygen atoms in total. The summed E-state index contributed by atoms with van der Waals surface area (Å²) < 4.78 is 1.02. The van der Waals surface area contributed by atoms with E-state index >= 15 is 0 Å². The van der Waals surface area contributed by atoms with Gasteiger partial charge in [-0.1, -0.05) is 35.1 Å². The number of hydrogen-bond donors (Lipinski definition) is 2. The maximum absolute atomic E-state index is 11.8. The molecule has 0 aliphatic heterocycles. The molecule has 0 saturated carbocycles. The second-order valence-corrected chi connectivity index (χ2v) is 6.53. The molecule has 10 heteroatoms. The molecule has 1 amide bonds. The number of halogens is 1. The number of nitro groups is 1. The Hall–Kier alpha value is -3.04. The molecule has 0 unspecified atom stereocenters. The number of anilines is 1. The van der Waals surface area contributed by atoms with E-state index in [0.717, 1.165) is 10.2 Å². The summed E-state index contributed by atoms with van der Waals surface area (Å²) in [6.45, 7) is -0.0141. The average molecular weight is 390 g/mol. The molecule has 0 radical (unpaired) electrons. The third-order valence-electron chi connectivity index (χ3n) is 3.28. The van der Waals surface area contributed by atoms with Gasteiger partial charge in [-0.15, -0.1) is 0 Å². The molecular weight excluding hydrogens is 378 g/mol. The number of carbonyl (C=O) groups excluding carboxylic acids is 1. The molecule has 0 fully saturated rings. The largest absolute Gasteiger partial charge is 0.352 e. The Labute approximate surface area is 156 Å². The highest BCUT2D eigenvalue weighted by Crippen LogP contribution is 2.25. The smallest absolute Gasteiger partial charge is 0.270 e. The number of amides is 1. The highest BCUT2D eigenvalue weighted by Gasteiger charge is 2.09. The summed E-state index contributed by atoms with van der Waals surface area (Å²) in [4.78, 5) is 26.4. The third kappa shape index (κ3) is 4.32. The number of carbonyl (C=O) groups is 1. The molecule has 0 aliphatic rings. The van der Waals surface area contributed by atoms with Crippen LogP contribution in [0.2, 0.25) is 5.02 Å². The van der Waals surface area contributed by atoms with Crippen molar-refractivity contribution in [2.24, 2.45) is 5.10 Å². The van der Waals surface area contributed by atoms with Gasteiger partial charge in [0.2, 0.25) is 0 Å². The van der Waals surface area contributed by atoms with Crippen LogP contribution in [0, 0.1) is 10.1 Å². The van der Waals surface area contributed by atoms with Crippen molar-refractivity contribution in [1.82, 2.24) is 10.4 Å². The molecule has 1 heterocycles. The summed E-state index contributed by atoms with van der Waals surface area (Å²) in [5, 5.41) is 18.4. The van der Waals surface area contributed by atoms with E-state index < -0.39 is 4.92 Å². The highest BCUT2D eigenvalue weighted by atomic mass is 35.5. The Kier molecular flexibility index (Phi) is 5.40. The molecule has 0 bridgehead atoms. The molecule has 26 heavy (non-hydrogen) atoms. The monoisotopic (exact) mass is 389 g/mol. The molecule has 1 aromatic heterocycles. The van der Waals surface area contributed by atoms with Gasteiger partial charge >= 0.3 is 0 Å². The van der Waals surface area contributed by atoms with E-state index in [1.165, 1.54) is 35.8 Å². The summed E-state index contributed by atoms with van der Waals surface area (Å²) in [6, 6.07) is 11.6. The Morgan fingerprint density at radius 3 is 2.92 bits per heavy atom. The highest BCUT2D eigenvalue weighted by molar-refractivity contribution is 7.22. The van der Waals surface area contributed by atoms with Crippen LogP contribution >= 0.6 is 22.9 Å². The molecule has 132 valence electrons. The number of nitro benzene ring substituents is 1. The zero-order chi connectivity index (χ0) is 18.5.